The van der Waals surface area contributed by atoms with E-state index in [1.54, 1.807) is 11.3 Å². The Bertz CT molecular complexity index is 346. The Morgan fingerprint density at radius 3 is 2.95 bits per heavy atom. The summed E-state index contributed by atoms with van der Waals surface area (Å²) >= 11 is 5.25. The summed E-state index contributed by atoms with van der Waals surface area (Å²) in [6.07, 6.45) is 1.09. The molecule has 0 aliphatic rings. The van der Waals surface area contributed by atoms with Gasteiger partial charge in [0.1, 0.15) is 0 Å². The second-order valence-corrected chi connectivity index (χ2v) is 7.07. The number of likely N-dealkylation sites (N-methyl/N-ethyl adjacent to an activating group) is 1. The molecule has 0 aliphatic heterocycles. The fourth-order valence-corrected chi connectivity index (χ4v) is 2.98. The predicted octanol–water partition coefficient (Wildman–Crippen LogP) is 3.35. The molecule has 0 spiro atoms. The third-order valence-electron chi connectivity index (χ3n) is 3.09. The monoisotopic (exact) mass is 348 g/mol. The van der Waals surface area contributed by atoms with Crippen LogP contribution in [0.3, 0.4) is 0 Å². The van der Waals surface area contributed by atoms with Gasteiger partial charge in [-0.2, -0.15) is 0 Å². The summed E-state index contributed by atoms with van der Waals surface area (Å²) < 4.78 is 6.52. The molecule has 1 rings (SSSR count). The first-order valence-electron chi connectivity index (χ1n) is 6.85. The van der Waals surface area contributed by atoms with Gasteiger partial charge in [0.2, 0.25) is 0 Å². The third-order valence-corrected chi connectivity index (χ3v) is 4.65. The topological polar surface area (TPSA) is 24.5 Å². The number of ether oxygens (including phenoxy) is 1. The molecular weight excluding hydrogens is 324 g/mol. The Labute approximate surface area is 129 Å². The molecule has 1 atom stereocenters. The highest BCUT2D eigenvalue weighted by Gasteiger charge is 2.09. The standard InChI is InChI=1S/C14H25BrN2OS/c1-4-18-7-5-6-16-9-12(2)17(3)10-13-8-14(15)19-11-13/h8,11-12,16H,4-7,9-10H2,1-3H3. The molecule has 19 heavy (non-hydrogen) atoms. The molecule has 1 aromatic heterocycles. The molecule has 0 bridgehead atoms. The van der Waals surface area contributed by atoms with Crippen molar-refractivity contribution in [2.24, 2.45) is 0 Å². The summed E-state index contributed by atoms with van der Waals surface area (Å²) in [5.74, 6) is 0. The zero-order valence-corrected chi connectivity index (χ0v) is 14.5. The van der Waals surface area contributed by atoms with Gasteiger partial charge in [0.15, 0.2) is 0 Å². The number of thiophene rings is 1. The maximum Gasteiger partial charge on any atom is 0.0701 e. The Morgan fingerprint density at radius 1 is 1.53 bits per heavy atom. The largest absolute Gasteiger partial charge is 0.382 e. The van der Waals surface area contributed by atoms with E-state index in [0.717, 1.165) is 39.3 Å². The average molecular weight is 349 g/mol. The molecule has 3 nitrogen and oxygen atoms in total. The van der Waals surface area contributed by atoms with E-state index in [9.17, 15) is 0 Å². The fraction of sp³-hybridized carbons (Fsp3) is 0.714. The minimum atomic E-state index is 0.533. The van der Waals surface area contributed by atoms with Crippen molar-refractivity contribution in [3.05, 3.63) is 20.8 Å². The minimum Gasteiger partial charge on any atom is -0.382 e. The van der Waals surface area contributed by atoms with Crippen LogP contribution >= 0.6 is 27.3 Å². The lowest BCUT2D eigenvalue weighted by atomic mass is 10.2. The van der Waals surface area contributed by atoms with E-state index in [0.29, 0.717) is 6.04 Å². The number of hydrogen-bond acceptors (Lipinski definition) is 4. The van der Waals surface area contributed by atoms with Crippen molar-refractivity contribution in [3.63, 3.8) is 0 Å². The van der Waals surface area contributed by atoms with Crippen LogP contribution in [0.4, 0.5) is 0 Å². The second kappa shape index (κ2) is 9.88. The summed E-state index contributed by atoms with van der Waals surface area (Å²) in [7, 11) is 2.18. The van der Waals surface area contributed by atoms with Crippen molar-refractivity contribution in [2.45, 2.75) is 32.9 Å². The van der Waals surface area contributed by atoms with Crippen LogP contribution in [0.5, 0.6) is 0 Å². The Morgan fingerprint density at radius 2 is 2.32 bits per heavy atom. The molecule has 0 radical (unpaired) electrons. The van der Waals surface area contributed by atoms with E-state index in [1.165, 1.54) is 9.35 Å². The summed E-state index contributed by atoms with van der Waals surface area (Å²) in [4.78, 5) is 2.38. The molecule has 0 fully saturated rings. The first-order chi connectivity index (χ1) is 9.13. The number of nitrogens with one attached hydrogen (secondary N) is 1. The van der Waals surface area contributed by atoms with E-state index in [4.69, 9.17) is 4.74 Å². The molecule has 110 valence electrons. The van der Waals surface area contributed by atoms with E-state index in [2.05, 4.69) is 51.6 Å². The van der Waals surface area contributed by atoms with Crippen molar-refractivity contribution in [2.75, 3.05) is 33.4 Å². The Kier molecular flexibility index (Phi) is 8.90. The van der Waals surface area contributed by atoms with Crippen molar-refractivity contribution in [1.29, 1.82) is 0 Å². The zero-order valence-electron chi connectivity index (χ0n) is 12.1. The van der Waals surface area contributed by atoms with E-state index in [-0.39, 0.29) is 0 Å². The van der Waals surface area contributed by atoms with E-state index >= 15 is 0 Å². The van der Waals surface area contributed by atoms with Gasteiger partial charge in [-0.05, 0) is 66.8 Å². The lowest BCUT2D eigenvalue weighted by molar-refractivity contribution is 0.144. The number of nitrogens with zero attached hydrogens (tertiary/aromatic N) is 1. The van der Waals surface area contributed by atoms with Gasteiger partial charge >= 0.3 is 0 Å². The van der Waals surface area contributed by atoms with Crippen LogP contribution < -0.4 is 5.32 Å². The summed E-state index contributed by atoms with van der Waals surface area (Å²) in [5.41, 5.74) is 1.38. The first kappa shape index (κ1) is 17.1. The molecule has 1 N–H and O–H groups in total. The van der Waals surface area contributed by atoms with Crippen LogP contribution in [0.2, 0.25) is 0 Å². The third kappa shape index (κ3) is 7.42. The van der Waals surface area contributed by atoms with Gasteiger partial charge in [-0.1, -0.05) is 0 Å². The number of hydrogen-bond donors (Lipinski definition) is 1. The predicted molar refractivity (Wildman–Crippen MR) is 86.9 cm³/mol. The van der Waals surface area contributed by atoms with Crippen molar-refractivity contribution in [3.8, 4) is 0 Å². The lowest BCUT2D eigenvalue weighted by Crippen LogP contribution is -2.37. The smallest absolute Gasteiger partial charge is 0.0701 e. The molecule has 0 saturated carbocycles. The van der Waals surface area contributed by atoms with Crippen molar-refractivity contribution < 1.29 is 4.74 Å². The van der Waals surface area contributed by atoms with Gasteiger partial charge in [0.05, 0.1) is 3.79 Å². The Balaban J connectivity index is 2.12. The van der Waals surface area contributed by atoms with Crippen LogP contribution in [0.25, 0.3) is 0 Å². The molecule has 1 aromatic rings. The summed E-state index contributed by atoms with van der Waals surface area (Å²) in [5, 5.41) is 5.70. The van der Waals surface area contributed by atoms with Gasteiger partial charge in [-0.25, -0.2) is 0 Å². The SMILES string of the molecule is CCOCCCNCC(C)N(C)Cc1csc(Br)c1. The van der Waals surface area contributed by atoms with Gasteiger partial charge < -0.3 is 10.1 Å². The molecule has 5 heteroatoms. The van der Waals surface area contributed by atoms with Crippen molar-refractivity contribution >= 4 is 27.3 Å². The van der Waals surface area contributed by atoms with E-state index in [1.807, 2.05) is 6.92 Å². The summed E-state index contributed by atoms with van der Waals surface area (Å²) in [6, 6.07) is 2.73. The maximum absolute atomic E-state index is 5.32. The van der Waals surface area contributed by atoms with Crippen LogP contribution in [-0.4, -0.2) is 44.3 Å². The number of rotatable bonds is 10. The second-order valence-electron chi connectivity index (χ2n) is 4.78. The molecule has 1 unspecified atom stereocenters. The fourth-order valence-electron chi connectivity index (χ4n) is 1.78. The Hall–Kier alpha value is 0.0600. The van der Waals surface area contributed by atoms with Crippen molar-refractivity contribution in [1.82, 2.24) is 10.2 Å². The highest BCUT2D eigenvalue weighted by molar-refractivity contribution is 9.11. The molecular formula is C14H25BrN2OS. The van der Waals surface area contributed by atoms with Gasteiger partial charge in [0.25, 0.3) is 0 Å². The molecule has 0 saturated heterocycles. The minimum absolute atomic E-state index is 0.533. The van der Waals surface area contributed by atoms with Crippen LogP contribution in [-0.2, 0) is 11.3 Å². The highest BCUT2D eigenvalue weighted by atomic mass is 79.9. The molecule has 0 aliphatic carbocycles. The maximum atomic E-state index is 5.32. The highest BCUT2D eigenvalue weighted by Crippen LogP contribution is 2.21. The number of halogens is 1. The quantitative estimate of drug-likeness (QED) is 0.656. The zero-order chi connectivity index (χ0) is 14.1. The summed E-state index contributed by atoms with van der Waals surface area (Å²) in [6.45, 7) is 9.02. The lowest BCUT2D eigenvalue weighted by Gasteiger charge is -2.24. The van der Waals surface area contributed by atoms with Gasteiger partial charge in [0, 0.05) is 32.3 Å². The first-order valence-corrected chi connectivity index (χ1v) is 8.52. The molecule has 1 heterocycles. The van der Waals surface area contributed by atoms with Crippen LogP contribution in [0.15, 0.2) is 15.2 Å². The normalized spacial score (nSPS) is 13.1. The van der Waals surface area contributed by atoms with Gasteiger partial charge in [-0.15, -0.1) is 11.3 Å². The van der Waals surface area contributed by atoms with E-state index < -0.39 is 0 Å². The van der Waals surface area contributed by atoms with Crippen LogP contribution in [0.1, 0.15) is 25.8 Å². The molecule has 0 amide bonds. The van der Waals surface area contributed by atoms with Crippen LogP contribution in [0, 0.1) is 0 Å². The molecule has 0 aromatic carbocycles. The van der Waals surface area contributed by atoms with Gasteiger partial charge in [-0.3, -0.25) is 4.90 Å². The average Bonchev–Trinajstić information content (AvgIpc) is 2.78.